The lowest BCUT2D eigenvalue weighted by atomic mass is 9.88. The van der Waals surface area contributed by atoms with Crippen molar-refractivity contribution in [3.05, 3.63) is 0 Å². The van der Waals surface area contributed by atoms with Crippen molar-refractivity contribution in [3.8, 4) is 0 Å². The maximum atomic E-state index is 12.9. The summed E-state index contributed by atoms with van der Waals surface area (Å²) in [7, 11) is 0. The number of hydrogen-bond donors (Lipinski definition) is 18. The number of aliphatic hydroxyl groups is 14. The SMILES string of the molecule is CC(=O)NC1[C@H](OCC2O[C@@H](C)C(NC(C)=O)[C@@H](O[C@@H]3OC(CO)[C@H](O)[C@H](O)C3O)[C@H]2O)OC(CO)[C@H](O[C@@H]2OC(CO)[C@H](O)[C@H](O[C@]3(C(=O)O)C[C@H](O)[C@@H](NC(C)=O)C([C@H](O)[C@H](O)CO)O3)C2O)[C@@H]1O. The minimum atomic E-state index is -3.14. The molecule has 0 aliphatic carbocycles. The average Bonchev–Trinajstić information content (AvgIpc) is 3.31. The highest BCUT2D eigenvalue weighted by molar-refractivity contribution is 5.77. The van der Waals surface area contributed by atoms with Gasteiger partial charge in [0.1, 0.15) is 110 Å². The zero-order chi connectivity index (χ0) is 53.0. The number of carboxylic acid groups (broad SMARTS) is 1. The number of nitrogens with one attached hydrogen (secondary N) is 3. The largest absolute Gasteiger partial charge is 0.477 e. The molecule has 9 unspecified atom stereocenters. The van der Waals surface area contributed by atoms with E-state index in [2.05, 4.69) is 16.0 Å². The molecule has 5 fully saturated rings. The third-order valence-electron chi connectivity index (χ3n) is 12.8. The Hall–Kier alpha value is -3.04. The van der Waals surface area contributed by atoms with Crippen molar-refractivity contribution < 1.29 is 138 Å². The van der Waals surface area contributed by atoms with Gasteiger partial charge in [0.2, 0.25) is 17.7 Å². The lowest BCUT2D eigenvalue weighted by Gasteiger charge is -2.51. The second-order valence-electron chi connectivity index (χ2n) is 17.9. The highest BCUT2D eigenvalue weighted by Gasteiger charge is 2.61. The molecule has 0 spiro atoms. The van der Waals surface area contributed by atoms with E-state index in [0.29, 0.717) is 0 Å². The third-order valence-corrected chi connectivity index (χ3v) is 12.8. The van der Waals surface area contributed by atoms with Gasteiger partial charge in [0, 0.05) is 27.2 Å². The van der Waals surface area contributed by atoms with E-state index < -0.39 is 222 Å². The lowest BCUT2D eigenvalue weighted by molar-refractivity contribution is -0.383. The molecule has 18 N–H and O–H groups in total. The summed E-state index contributed by atoms with van der Waals surface area (Å²) in [6.45, 7) is -0.00998. The normalized spacial score (nSPS) is 45.0. The number of aliphatic carboxylic acids is 1. The number of carbonyl (C=O) groups is 4. The van der Waals surface area contributed by atoms with Gasteiger partial charge in [-0.1, -0.05) is 0 Å². The molecule has 0 aromatic carbocycles. The highest BCUT2D eigenvalue weighted by atomic mass is 16.8. The van der Waals surface area contributed by atoms with Crippen LogP contribution in [0.4, 0.5) is 0 Å². The first-order valence-corrected chi connectivity index (χ1v) is 22.5. The van der Waals surface area contributed by atoms with Gasteiger partial charge in [-0.05, 0) is 6.92 Å². The molecule has 5 rings (SSSR count). The van der Waals surface area contributed by atoms with Crippen LogP contribution in [0.1, 0.15) is 34.1 Å². The van der Waals surface area contributed by atoms with Crippen LogP contribution >= 0.6 is 0 Å². The molecule has 3 amide bonds. The van der Waals surface area contributed by atoms with Gasteiger partial charge in [0.25, 0.3) is 5.79 Å². The summed E-state index contributed by atoms with van der Waals surface area (Å²) in [5.74, 6) is -7.38. The zero-order valence-corrected chi connectivity index (χ0v) is 38.7. The monoisotopic (exact) mass is 1040 g/mol. The quantitative estimate of drug-likeness (QED) is 0.0571. The van der Waals surface area contributed by atoms with Gasteiger partial charge in [-0.2, -0.15) is 0 Å². The van der Waals surface area contributed by atoms with Crippen LogP contribution in [0, 0.1) is 0 Å². The third kappa shape index (κ3) is 13.1. The molecule has 5 heterocycles. The predicted octanol–water partition coefficient (Wildman–Crippen LogP) is -11.2. The molecule has 0 aromatic rings. The molecule has 0 bridgehead atoms. The topological polar surface area (TPSA) is 491 Å². The van der Waals surface area contributed by atoms with Crippen LogP contribution in [0.15, 0.2) is 0 Å². The van der Waals surface area contributed by atoms with E-state index in [1.165, 1.54) is 6.92 Å². The molecule has 0 radical (unpaired) electrons. The lowest BCUT2D eigenvalue weighted by Crippen LogP contribution is -2.71. The molecule has 5 aliphatic heterocycles. The molecule has 31 heteroatoms. The fourth-order valence-electron chi connectivity index (χ4n) is 9.09. The summed E-state index contributed by atoms with van der Waals surface area (Å²) in [6.07, 6.45) is -41.7. The number of carboxylic acids is 1. The first-order valence-electron chi connectivity index (χ1n) is 22.5. The predicted molar refractivity (Wildman–Crippen MR) is 222 cm³/mol. The molecule has 0 saturated carbocycles. The van der Waals surface area contributed by atoms with Crippen LogP contribution < -0.4 is 16.0 Å². The highest BCUT2D eigenvalue weighted by Crippen LogP contribution is 2.39. The van der Waals surface area contributed by atoms with Gasteiger partial charge in [-0.15, -0.1) is 0 Å². The Kier molecular flexibility index (Phi) is 20.7. The number of carbonyl (C=O) groups excluding carboxylic acids is 3. The van der Waals surface area contributed by atoms with Crippen LogP contribution in [-0.4, -0.2) is 292 Å². The summed E-state index contributed by atoms with van der Waals surface area (Å²) in [4.78, 5) is 49.7. The molecular weight excluding hydrogens is 970 g/mol. The van der Waals surface area contributed by atoms with Crippen molar-refractivity contribution >= 4 is 23.7 Å². The van der Waals surface area contributed by atoms with E-state index in [-0.39, 0.29) is 0 Å². The van der Waals surface area contributed by atoms with Crippen molar-refractivity contribution in [1.82, 2.24) is 16.0 Å². The fourth-order valence-corrected chi connectivity index (χ4v) is 9.09. The van der Waals surface area contributed by atoms with Crippen molar-refractivity contribution in [3.63, 3.8) is 0 Å². The average molecular weight is 1040 g/mol. The van der Waals surface area contributed by atoms with Crippen LogP contribution in [-0.2, 0) is 61.8 Å². The van der Waals surface area contributed by atoms with Gasteiger partial charge >= 0.3 is 5.97 Å². The Morgan fingerprint density at radius 3 is 1.65 bits per heavy atom. The Morgan fingerprint density at radius 1 is 0.592 bits per heavy atom. The van der Waals surface area contributed by atoms with Crippen molar-refractivity contribution in [2.45, 2.75) is 193 Å². The Labute approximate surface area is 403 Å². The van der Waals surface area contributed by atoms with E-state index >= 15 is 0 Å². The van der Waals surface area contributed by atoms with Gasteiger partial charge in [-0.25, -0.2) is 4.79 Å². The van der Waals surface area contributed by atoms with E-state index in [1.807, 2.05) is 0 Å². The standard InChI is InChI=1S/C40H67N3O28/c1-11-21(41-12(2)48)33(69-37-30(59)29(58)25(54)17(7-45)65-37)27(56)20(64-11)10-63-36-23(43-14(4)50)28(57)32(19(9-47)67-36)68-38-31(60)35(26(55)18(8-46)66-38)71-40(39(61)62)5-15(51)22(42-13(3)49)34(70-40)24(53)16(52)6-44/h11,15-38,44-47,51-60H,5-10H2,1-4H3,(H,41,48)(H,42,49)(H,43,50)(H,61,62)/t11-,15-,16+,17?,18?,19?,20?,21?,22+,23?,24+,25-,26-,27-,28+,29-,30?,31?,32-,33+,34?,35-,36+,37-,38-,40-/m0/s1. The molecule has 31 nitrogen and oxygen atoms in total. The van der Waals surface area contributed by atoms with Crippen molar-refractivity contribution in [1.29, 1.82) is 0 Å². The van der Waals surface area contributed by atoms with Crippen LogP contribution in [0.5, 0.6) is 0 Å². The van der Waals surface area contributed by atoms with E-state index in [1.54, 1.807) is 0 Å². The molecular formula is C40H67N3O28. The number of amides is 3. The second kappa shape index (κ2) is 25.0. The van der Waals surface area contributed by atoms with Gasteiger partial charge in [0.05, 0.1) is 57.3 Å². The molecule has 71 heavy (non-hydrogen) atoms. The van der Waals surface area contributed by atoms with Crippen LogP contribution in [0.25, 0.3) is 0 Å². The van der Waals surface area contributed by atoms with Crippen LogP contribution in [0.3, 0.4) is 0 Å². The van der Waals surface area contributed by atoms with Crippen molar-refractivity contribution in [2.24, 2.45) is 0 Å². The number of ether oxygens (including phenoxy) is 9. The fraction of sp³-hybridized carbons (Fsp3) is 0.900. The minimum absolute atomic E-state index is 0.604. The summed E-state index contributed by atoms with van der Waals surface area (Å²) in [6, 6.07) is -4.44. The Morgan fingerprint density at radius 2 is 1.10 bits per heavy atom. The summed E-state index contributed by atoms with van der Waals surface area (Å²) in [5, 5.41) is 167. The summed E-state index contributed by atoms with van der Waals surface area (Å²) < 4.78 is 51.9. The Bertz CT molecular complexity index is 1770. The maximum absolute atomic E-state index is 12.9. The summed E-state index contributed by atoms with van der Waals surface area (Å²) >= 11 is 0. The van der Waals surface area contributed by atoms with E-state index in [0.717, 1.165) is 20.8 Å². The first-order chi connectivity index (χ1) is 33.3. The summed E-state index contributed by atoms with van der Waals surface area (Å²) in [5.41, 5.74) is 0. The number of hydrogen-bond acceptors (Lipinski definition) is 27. The maximum Gasteiger partial charge on any atom is 0.364 e. The van der Waals surface area contributed by atoms with Gasteiger partial charge in [-0.3, -0.25) is 14.4 Å². The van der Waals surface area contributed by atoms with Gasteiger partial charge in [0.15, 0.2) is 18.9 Å². The van der Waals surface area contributed by atoms with Gasteiger partial charge < -0.3 is 135 Å². The minimum Gasteiger partial charge on any atom is -0.477 e. The number of aliphatic hydroxyl groups excluding tert-OH is 14. The van der Waals surface area contributed by atoms with E-state index in [9.17, 15) is 95.8 Å². The molecule has 0 aromatic heterocycles. The first kappa shape index (κ1) is 58.8. The number of rotatable bonds is 19. The Balaban J connectivity index is 1.36. The second-order valence-corrected chi connectivity index (χ2v) is 17.9. The molecule has 5 saturated heterocycles. The van der Waals surface area contributed by atoms with Crippen LogP contribution in [0.2, 0.25) is 0 Å². The zero-order valence-electron chi connectivity index (χ0n) is 38.7. The molecule has 26 atom stereocenters. The molecule has 410 valence electrons. The van der Waals surface area contributed by atoms with E-state index in [4.69, 9.17) is 42.6 Å². The van der Waals surface area contributed by atoms with Crippen molar-refractivity contribution in [2.75, 3.05) is 33.0 Å². The smallest absolute Gasteiger partial charge is 0.364 e. The molecule has 5 aliphatic rings.